The van der Waals surface area contributed by atoms with Gasteiger partial charge in [-0.25, -0.2) is 0 Å². The predicted octanol–water partition coefficient (Wildman–Crippen LogP) is 5.77. The fourth-order valence-electron chi connectivity index (χ4n) is 2.02. The van der Waals surface area contributed by atoms with Crippen LogP contribution < -0.4 is 4.74 Å². The minimum Gasteiger partial charge on any atom is -0.494 e. The summed E-state index contributed by atoms with van der Waals surface area (Å²) in [6.45, 7) is 9.31. The van der Waals surface area contributed by atoms with Gasteiger partial charge in [-0.15, -0.1) is 22.9 Å². The number of rotatable bonds is 4. The number of para-hydroxylation sites is 1. The van der Waals surface area contributed by atoms with Crippen LogP contribution in [0.15, 0.2) is 36.4 Å². The second-order valence-corrected chi connectivity index (χ2v) is 7.34. The Balaban J connectivity index is 2.32. The molecular weight excluding hydrogens is 288 g/mol. The van der Waals surface area contributed by atoms with Crippen molar-refractivity contribution in [2.75, 3.05) is 6.61 Å². The van der Waals surface area contributed by atoms with Crippen LogP contribution in [-0.4, -0.2) is 6.61 Å². The van der Waals surface area contributed by atoms with Gasteiger partial charge in [0.25, 0.3) is 0 Å². The van der Waals surface area contributed by atoms with Crippen molar-refractivity contribution in [3.8, 4) is 5.75 Å². The molecule has 0 aliphatic rings. The Morgan fingerprint density at radius 3 is 2.45 bits per heavy atom. The Morgan fingerprint density at radius 1 is 1.15 bits per heavy atom. The Morgan fingerprint density at radius 2 is 1.85 bits per heavy atom. The summed E-state index contributed by atoms with van der Waals surface area (Å²) in [6.07, 6.45) is 0. The molecule has 2 rings (SSSR count). The van der Waals surface area contributed by atoms with Crippen LogP contribution in [0.1, 0.15) is 48.4 Å². The fraction of sp³-hybridized carbons (Fsp3) is 0.412. The number of halogens is 1. The van der Waals surface area contributed by atoms with Gasteiger partial charge in [0.05, 0.1) is 12.0 Å². The highest BCUT2D eigenvalue weighted by Crippen LogP contribution is 2.40. The predicted molar refractivity (Wildman–Crippen MR) is 88.3 cm³/mol. The van der Waals surface area contributed by atoms with Crippen molar-refractivity contribution in [3.63, 3.8) is 0 Å². The highest BCUT2D eigenvalue weighted by atomic mass is 35.5. The third-order valence-corrected chi connectivity index (χ3v) is 5.28. The maximum Gasteiger partial charge on any atom is 0.124 e. The van der Waals surface area contributed by atoms with Crippen LogP contribution in [0, 0.1) is 0 Å². The van der Waals surface area contributed by atoms with Gasteiger partial charge in [0.1, 0.15) is 5.75 Å². The van der Waals surface area contributed by atoms with Crippen LogP contribution in [0.25, 0.3) is 0 Å². The molecule has 1 atom stereocenters. The zero-order valence-corrected chi connectivity index (χ0v) is 14.0. The number of hydrogen-bond acceptors (Lipinski definition) is 2. The average Bonchev–Trinajstić information content (AvgIpc) is 2.88. The molecule has 1 nitrogen and oxygen atoms in total. The summed E-state index contributed by atoms with van der Waals surface area (Å²) >= 11 is 8.45. The van der Waals surface area contributed by atoms with Gasteiger partial charge in [0.2, 0.25) is 0 Å². The molecule has 20 heavy (non-hydrogen) atoms. The molecule has 0 amide bonds. The van der Waals surface area contributed by atoms with E-state index in [-0.39, 0.29) is 10.8 Å². The molecule has 1 heterocycles. The standard InChI is InChI=1S/C17H21ClOS/c1-5-19-13-9-7-6-8-12(13)16(18)14-10-11-15(20-14)17(2,3)4/h6-11,16H,5H2,1-4H3. The molecule has 1 aromatic heterocycles. The van der Waals surface area contributed by atoms with Crippen molar-refractivity contribution in [1.29, 1.82) is 0 Å². The SMILES string of the molecule is CCOc1ccccc1C(Cl)c1ccc(C(C)(C)C)s1. The molecule has 0 saturated heterocycles. The van der Waals surface area contributed by atoms with E-state index in [4.69, 9.17) is 16.3 Å². The van der Waals surface area contributed by atoms with Gasteiger partial charge in [-0.3, -0.25) is 0 Å². The molecule has 0 aliphatic carbocycles. The first-order valence-corrected chi connectivity index (χ1v) is 8.14. The number of benzene rings is 1. The first kappa shape index (κ1) is 15.4. The second kappa shape index (κ2) is 6.19. The smallest absolute Gasteiger partial charge is 0.124 e. The lowest BCUT2D eigenvalue weighted by molar-refractivity contribution is 0.337. The summed E-state index contributed by atoms with van der Waals surface area (Å²) in [4.78, 5) is 2.52. The minimum atomic E-state index is -0.154. The summed E-state index contributed by atoms with van der Waals surface area (Å²) in [5, 5.41) is -0.154. The maximum absolute atomic E-state index is 6.67. The Kier molecular flexibility index (Phi) is 4.77. The molecule has 3 heteroatoms. The van der Waals surface area contributed by atoms with Crippen LogP contribution in [0.4, 0.5) is 0 Å². The van der Waals surface area contributed by atoms with Crippen molar-refractivity contribution in [1.82, 2.24) is 0 Å². The van der Waals surface area contributed by atoms with Crippen molar-refractivity contribution < 1.29 is 4.74 Å². The van der Waals surface area contributed by atoms with Crippen LogP contribution in [0.5, 0.6) is 5.75 Å². The molecule has 0 bridgehead atoms. The molecule has 108 valence electrons. The van der Waals surface area contributed by atoms with E-state index in [1.165, 1.54) is 9.75 Å². The number of thiophene rings is 1. The highest BCUT2D eigenvalue weighted by Gasteiger charge is 2.21. The molecule has 0 spiro atoms. The van der Waals surface area contributed by atoms with E-state index in [0.29, 0.717) is 6.61 Å². The zero-order valence-electron chi connectivity index (χ0n) is 12.4. The first-order chi connectivity index (χ1) is 9.43. The summed E-state index contributed by atoms with van der Waals surface area (Å²) in [7, 11) is 0. The molecule has 0 N–H and O–H groups in total. The molecule has 0 fully saturated rings. The molecule has 2 aromatic rings. The molecule has 0 saturated carbocycles. The summed E-state index contributed by atoms with van der Waals surface area (Å²) in [6, 6.07) is 12.3. The third-order valence-electron chi connectivity index (χ3n) is 3.11. The van der Waals surface area contributed by atoms with E-state index < -0.39 is 0 Å². The van der Waals surface area contributed by atoms with E-state index in [2.05, 4.69) is 32.9 Å². The molecular formula is C17H21ClOS. The molecule has 1 aromatic carbocycles. The second-order valence-electron chi connectivity index (χ2n) is 5.79. The van der Waals surface area contributed by atoms with Gasteiger partial charge < -0.3 is 4.74 Å². The molecule has 0 radical (unpaired) electrons. The van der Waals surface area contributed by atoms with E-state index >= 15 is 0 Å². The monoisotopic (exact) mass is 308 g/mol. The van der Waals surface area contributed by atoms with Crippen LogP contribution in [0.3, 0.4) is 0 Å². The van der Waals surface area contributed by atoms with Crippen LogP contribution >= 0.6 is 22.9 Å². The van der Waals surface area contributed by atoms with Gasteiger partial charge in [-0.1, -0.05) is 39.0 Å². The summed E-state index contributed by atoms with van der Waals surface area (Å²) < 4.78 is 5.67. The van der Waals surface area contributed by atoms with Crippen molar-refractivity contribution in [2.24, 2.45) is 0 Å². The lowest BCUT2D eigenvalue weighted by Gasteiger charge is -2.16. The number of alkyl halides is 1. The maximum atomic E-state index is 6.67. The van der Waals surface area contributed by atoms with Crippen molar-refractivity contribution in [2.45, 2.75) is 38.5 Å². The molecule has 0 aliphatic heterocycles. The fourth-order valence-corrected chi connectivity index (χ4v) is 3.47. The third kappa shape index (κ3) is 3.36. The Labute approximate surface area is 130 Å². The molecule has 1 unspecified atom stereocenters. The van der Waals surface area contributed by atoms with E-state index in [1.54, 1.807) is 11.3 Å². The van der Waals surface area contributed by atoms with Crippen molar-refractivity contribution in [3.05, 3.63) is 51.7 Å². The van der Waals surface area contributed by atoms with Gasteiger partial charge >= 0.3 is 0 Å². The van der Waals surface area contributed by atoms with Crippen LogP contribution in [0.2, 0.25) is 0 Å². The number of ether oxygens (including phenoxy) is 1. The Bertz CT molecular complexity index is 568. The van der Waals surface area contributed by atoms with Crippen LogP contribution in [-0.2, 0) is 5.41 Å². The quantitative estimate of drug-likeness (QED) is 0.651. The van der Waals surface area contributed by atoms with Gasteiger partial charge in [0, 0.05) is 15.3 Å². The minimum absolute atomic E-state index is 0.154. The topological polar surface area (TPSA) is 9.23 Å². The Hall–Kier alpha value is -0.990. The lowest BCUT2D eigenvalue weighted by atomic mass is 9.95. The zero-order chi connectivity index (χ0) is 14.8. The van der Waals surface area contributed by atoms with E-state index in [1.807, 2.05) is 31.2 Å². The normalized spacial score (nSPS) is 13.2. The summed E-state index contributed by atoms with van der Waals surface area (Å²) in [5.74, 6) is 0.876. The van der Waals surface area contributed by atoms with Gasteiger partial charge in [-0.2, -0.15) is 0 Å². The lowest BCUT2D eigenvalue weighted by Crippen LogP contribution is -2.07. The van der Waals surface area contributed by atoms with Gasteiger partial charge in [-0.05, 0) is 30.5 Å². The van der Waals surface area contributed by atoms with Gasteiger partial charge in [0.15, 0.2) is 0 Å². The van der Waals surface area contributed by atoms with Crippen molar-refractivity contribution >= 4 is 22.9 Å². The summed E-state index contributed by atoms with van der Waals surface area (Å²) in [5.41, 5.74) is 1.21. The average molecular weight is 309 g/mol. The van der Waals surface area contributed by atoms with E-state index in [9.17, 15) is 0 Å². The number of hydrogen-bond donors (Lipinski definition) is 0. The highest BCUT2D eigenvalue weighted by molar-refractivity contribution is 7.12. The largest absolute Gasteiger partial charge is 0.494 e. The first-order valence-electron chi connectivity index (χ1n) is 6.89. The van der Waals surface area contributed by atoms with E-state index in [0.717, 1.165) is 11.3 Å².